The van der Waals surface area contributed by atoms with Gasteiger partial charge in [0, 0.05) is 12.5 Å². The monoisotopic (exact) mass is 309 g/mol. The van der Waals surface area contributed by atoms with E-state index in [4.69, 9.17) is 0 Å². The molecule has 2 aromatic rings. The lowest BCUT2D eigenvalue weighted by Gasteiger charge is -2.31. The molecule has 0 aromatic heterocycles. The Labute approximate surface area is 135 Å². The van der Waals surface area contributed by atoms with E-state index in [0.717, 1.165) is 12.8 Å². The van der Waals surface area contributed by atoms with Crippen molar-refractivity contribution >= 4 is 6.09 Å². The van der Waals surface area contributed by atoms with E-state index >= 15 is 0 Å². The van der Waals surface area contributed by atoms with E-state index in [-0.39, 0.29) is 12.5 Å². The Bertz CT molecular complexity index is 721. The zero-order valence-corrected chi connectivity index (χ0v) is 12.8. The fourth-order valence-corrected chi connectivity index (χ4v) is 3.77. The molecular weight excluding hydrogens is 290 g/mol. The Kier molecular flexibility index (Phi) is 3.16. The van der Waals surface area contributed by atoms with E-state index < -0.39 is 11.6 Å². The molecule has 0 spiro atoms. The molecule has 2 N–H and O–H groups in total. The second-order valence-electron chi connectivity index (χ2n) is 6.50. The van der Waals surface area contributed by atoms with E-state index in [1.807, 2.05) is 24.3 Å². The molecule has 2 aliphatic rings. The number of benzene rings is 2. The molecule has 4 rings (SSSR count). The summed E-state index contributed by atoms with van der Waals surface area (Å²) in [4.78, 5) is 13.2. The molecule has 0 heterocycles. The summed E-state index contributed by atoms with van der Waals surface area (Å²) in [5.41, 5.74) is 4.15. The van der Waals surface area contributed by atoms with Gasteiger partial charge in [0.05, 0.1) is 12.1 Å². The van der Waals surface area contributed by atoms with Crippen LogP contribution >= 0.6 is 0 Å². The van der Waals surface area contributed by atoms with Crippen molar-refractivity contribution in [3.05, 3.63) is 59.7 Å². The van der Waals surface area contributed by atoms with Crippen molar-refractivity contribution in [1.82, 2.24) is 4.90 Å². The summed E-state index contributed by atoms with van der Waals surface area (Å²) in [6, 6.07) is 16.4. The lowest BCUT2D eigenvalue weighted by Crippen LogP contribution is -2.45. The Hall–Kier alpha value is -2.33. The molecule has 0 bridgehead atoms. The quantitative estimate of drug-likeness (QED) is 0.911. The fourth-order valence-electron chi connectivity index (χ4n) is 3.77. The molecule has 4 nitrogen and oxygen atoms in total. The Morgan fingerprint density at radius 3 is 2.00 bits per heavy atom. The molecule has 1 saturated carbocycles. The standard InChI is InChI=1S/C19H19NO3/c21-12-19(9-10-19)20(18(22)23)11-17-15-7-3-1-5-13(15)14-6-2-4-8-16(14)17/h1-8,17,21H,9-12H2,(H,22,23). The zero-order valence-electron chi connectivity index (χ0n) is 12.8. The zero-order chi connectivity index (χ0) is 16.0. The number of aliphatic hydroxyl groups excluding tert-OH is 1. The average Bonchev–Trinajstić information content (AvgIpc) is 3.30. The van der Waals surface area contributed by atoms with Crippen LogP contribution in [0.5, 0.6) is 0 Å². The molecule has 0 aliphatic heterocycles. The minimum absolute atomic E-state index is 0.0301. The number of carbonyl (C=O) groups is 1. The first-order chi connectivity index (χ1) is 11.2. The molecule has 1 amide bonds. The van der Waals surface area contributed by atoms with E-state index in [9.17, 15) is 15.0 Å². The van der Waals surface area contributed by atoms with Crippen LogP contribution in [0.3, 0.4) is 0 Å². The van der Waals surface area contributed by atoms with Crippen LogP contribution in [-0.2, 0) is 0 Å². The second kappa shape index (κ2) is 5.10. The summed E-state index contributed by atoms with van der Waals surface area (Å²) in [5.74, 6) is 0.0301. The van der Waals surface area contributed by atoms with Gasteiger partial charge < -0.3 is 10.2 Å². The van der Waals surface area contributed by atoms with Crippen molar-refractivity contribution in [3.63, 3.8) is 0 Å². The normalized spacial score (nSPS) is 17.4. The first-order valence-corrected chi connectivity index (χ1v) is 7.96. The summed E-state index contributed by atoms with van der Waals surface area (Å²) in [6.45, 7) is 0.291. The van der Waals surface area contributed by atoms with Crippen molar-refractivity contribution in [2.45, 2.75) is 24.3 Å². The van der Waals surface area contributed by atoms with Gasteiger partial charge in [-0.3, -0.25) is 4.90 Å². The van der Waals surface area contributed by atoms with Crippen LogP contribution in [0.4, 0.5) is 4.79 Å². The highest BCUT2D eigenvalue weighted by Crippen LogP contribution is 2.48. The second-order valence-corrected chi connectivity index (χ2v) is 6.50. The van der Waals surface area contributed by atoms with E-state index in [2.05, 4.69) is 24.3 Å². The highest BCUT2D eigenvalue weighted by molar-refractivity contribution is 5.79. The van der Waals surface area contributed by atoms with Crippen LogP contribution in [0.15, 0.2) is 48.5 Å². The lowest BCUT2D eigenvalue weighted by atomic mass is 9.95. The maximum atomic E-state index is 11.8. The highest BCUT2D eigenvalue weighted by atomic mass is 16.4. The molecule has 0 radical (unpaired) electrons. The number of nitrogens with zero attached hydrogens (tertiary/aromatic N) is 1. The average molecular weight is 309 g/mol. The third-order valence-electron chi connectivity index (χ3n) is 5.25. The van der Waals surface area contributed by atoms with Crippen LogP contribution in [0, 0.1) is 0 Å². The molecule has 1 fully saturated rings. The predicted octanol–water partition coefficient (Wildman–Crippen LogP) is 3.30. The van der Waals surface area contributed by atoms with Crippen molar-refractivity contribution < 1.29 is 15.0 Å². The first-order valence-electron chi connectivity index (χ1n) is 7.96. The van der Waals surface area contributed by atoms with Gasteiger partial charge >= 0.3 is 6.09 Å². The minimum atomic E-state index is -0.946. The van der Waals surface area contributed by atoms with Gasteiger partial charge in [0.25, 0.3) is 0 Å². The molecule has 2 aliphatic carbocycles. The Morgan fingerprint density at radius 2 is 1.57 bits per heavy atom. The molecule has 4 heteroatoms. The molecule has 0 atom stereocenters. The number of aliphatic hydroxyl groups is 1. The van der Waals surface area contributed by atoms with Crippen LogP contribution in [0.25, 0.3) is 11.1 Å². The minimum Gasteiger partial charge on any atom is -0.465 e. The van der Waals surface area contributed by atoms with Gasteiger partial charge in [-0.2, -0.15) is 0 Å². The molecule has 118 valence electrons. The Morgan fingerprint density at radius 1 is 1.04 bits per heavy atom. The summed E-state index contributed by atoms with van der Waals surface area (Å²) >= 11 is 0. The lowest BCUT2D eigenvalue weighted by molar-refractivity contribution is 0.0850. The number of fused-ring (bicyclic) bond motifs is 3. The smallest absolute Gasteiger partial charge is 0.407 e. The van der Waals surface area contributed by atoms with E-state index in [1.54, 1.807) is 0 Å². The van der Waals surface area contributed by atoms with Crippen LogP contribution < -0.4 is 0 Å². The maximum absolute atomic E-state index is 11.8. The Balaban J connectivity index is 1.75. The van der Waals surface area contributed by atoms with Gasteiger partial charge in [0.2, 0.25) is 0 Å². The van der Waals surface area contributed by atoms with Gasteiger partial charge in [-0.25, -0.2) is 4.79 Å². The third-order valence-corrected chi connectivity index (χ3v) is 5.25. The van der Waals surface area contributed by atoms with E-state index in [1.165, 1.54) is 27.2 Å². The van der Waals surface area contributed by atoms with Crippen molar-refractivity contribution in [1.29, 1.82) is 0 Å². The van der Waals surface area contributed by atoms with Crippen LogP contribution in [0.1, 0.15) is 29.9 Å². The fraction of sp³-hybridized carbons (Fsp3) is 0.316. The van der Waals surface area contributed by atoms with Gasteiger partial charge in [0.1, 0.15) is 0 Å². The molecule has 23 heavy (non-hydrogen) atoms. The predicted molar refractivity (Wildman–Crippen MR) is 87.5 cm³/mol. The molecule has 0 saturated heterocycles. The molecule has 2 aromatic carbocycles. The summed E-state index contributed by atoms with van der Waals surface area (Å²) in [6.07, 6.45) is 0.538. The highest BCUT2D eigenvalue weighted by Gasteiger charge is 2.51. The van der Waals surface area contributed by atoms with Gasteiger partial charge in [-0.1, -0.05) is 48.5 Å². The van der Waals surface area contributed by atoms with E-state index in [0.29, 0.717) is 6.54 Å². The van der Waals surface area contributed by atoms with Crippen molar-refractivity contribution in [3.8, 4) is 11.1 Å². The van der Waals surface area contributed by atoms with Crippen LogP contribution in [0.2, 0.25) is 0 Å². The van der Waals surface area contributed by atoms with Gasteiger partial charge in [-0.05, 0) is 35.1 Å². The first kappa shape index (κ1) is 14.3. The number of hydrogen-bond acceptors (Lipinski definition) is 2. The largest absolute Gasteiger partial charge is 0.465 e. The summed E-state index contributed by atoms with van der Waals surface area (Å²) in [7, 11) is 0. The topological polar surface area (TPSA) is 60.8 Å². The number of hydrogen-bond donors (Lipinski definition) is 2. The maximum Gasteiger partial charge on any atom is 0.407 e. The van der Waals surface area contributed by atoms with Crippen molar-refractivity contribution in [2.75, 3.05) is 13.2 Å². The van der Waals surface area contributed by atoms with Gasteiger partial charge in [-0.15, -0.1) is 0 Å². The SMILES string of the molecule is O=C(O)N(CC1c2ccccc2-c2ccccc21)C1(CO)CC1. The molecule has 0 unspecified atom stereocenters. The number of rotatable bonds is 4. The number of amides is 1. The summed E-state index contributed by atoms with van der Waals surface area (Å²) < 4.78 is 0. The van der Waals surface area contributed by atoms with Gasteiger partial charge in [0.15, 0.2) is 0 Å². The van der Waals surface area contributed by atoms with Crippen LogP contribution in [-0.4, -0.2) is 39.9 Å². The number of carboxylic acid groups (broad SMARTS) is 1. The molecular formula is C19H19NO3. The van der Waals surface area contributed by atoms with Crippen molar-refractivity contribution in [2.24, 2.45) is 0 Å². The summed E-state index contributed by atoms with van der Waals surface area (Å²) in [5, 5.41) is 19.3. The third kappa shape index (κ3) is 2.13.